The Bertz CT molecular complexity index is 942. The number of nitrogens with zero attached hydrogens (tertiary/aromatic N) is 4. The Morgan fingerprint density at radius 3 is 2.95 bits per heavy atom. The first-order valence-corrected chi connectivity index (χ1v) is 6.10. The van der Waals surface area contributed by atoms with E-state index in [9.17, 15) is 14.7 Å². The maximum Gasteiger partial charge on any atom is 0.332 e. The van der Waals surface area contributed by atoms with Crippen LogP contribution in [0.5, 0.6) is 0 Å². The van der Waals surface area contributed by atoms with Gasteiger partial charge in [0, 0.05) is 27.5 Å². The van der Waals surface area contributed by atoms with Crippen LogP contribution in [0.25, 0.3) is 11.2 Å². The van der Waals surface area contributed by atoms with Gasteiger partial charge in [-0.25, -0.2) is 9.78 Å². The van der Waals surface area contributed by atoms with Crippen LogP contribution in [-0.2, 0) is 20.6 Å². The van der Waals surface area contributed by atoms with Crippen molar-refractivity contribution in [2.75, 3.05) is 0 Å². The van der Waals surface area contributed by atoms with Crippen LogP contribution in [0, 0.1) is 0 Å². The molecule has 0 saturated carbocycles. The van der Waals surface area contributed by atoms with Crippen molar-refractivity contribution < 1.29 is 13.3 Å². The third kappa shape index (κ3) is 2.53. The summed E-state index contributed by atoms with van der Waals surface area (Å²) in [5.41, 5.74) is -1.18. The van der Waals surface area contributed by atoms with Crippen LogP contribution in [-0.4, -0.2) is 29.9 Å². The molecule has 7 nitrogen and oxygen atoms in total. The molecule has 0 aliphatic heterocycles. The average molecular weight is 286 g/mol. The second-order valence-corrected chi connectivity index (χ2v) is 4.45. The normalized spacial score (nSPS) is 18.8. The zero-order valence-electron chi connectivity index (χ0n) is 17.3. The topological polar surface area (TPSA) is 82.1 Å². The van der Waals surface area contributed by atoms with Gasteiger partial charge < -0.3 is 9.67 Å². The van der Waals surface area contributed by atoms with Crippen LogP contribution in [0.2, 0.25) is 0 Å². The standard InChI is InChI=1S/C13H20N4O3/c1-9(18)6-4-5-7-17-12(19)10-11(14-8-15(10)2)16(3)13(17)20/h8-9,18H,4-7H2,1-3H3/t9-/m1/s1/i1D3,6D2,8D. The summed E-state index contributed by atoms with van der Waals surface area (Å²) in [6.07, 6.45) is -5.13. The van der Waals surface area contributed by atoms with E-state index in [-0.39, 0.29) is 36.9 Å². The summed E-state index contributed by atoms with van der Waals surface area (Å²) in [7, 11) is 2.88. The quantitative estimate of drug-likeness (QED) is 0.838. The second kappa shape index (κ2) is 5.62. The molecule has 1 N–H and O–H groups in total. The molecule has 20 heavy (non-hydrogen) atoms. The van der Waals surface area contributed by atoms with Crippen LogP contribution in [0.15, 0.2) is 15.9 Å². The highest BCUT2D eigenvalue weighted by molar-refractivity contribution is 5.69. The molecule has 2 aromatic rings. The molecule has 0 fully saturated rings. The van der Waals surface area contributed by atoms with Gasteiger partial charge in [-0.15, -0.1) is 0 Å². The summed E-state index contributed by atoms with van der Waals surface area (Å²) in [6, 6.07) is 0. The molecule has 0 bridgehead atoms. The third-order valence-electron chi connectivity index (χ3n) is 3.03. The molecule has 0 unspecified atom stereocenters. The number of rotatable bonds is 5. The van der Waals surface area contributed by atoms with E-state index in [1.165, 1.54) is 18.7 Å². The highest BCUT2D eigenvalue weighted by Crippen LogP contribution is 2.04. The predicted octanol–water partition coefficient (Wildman–Crippen LogP) is -0.0152. The largest absolute Gasteiger partial charge is 0.393 e. The molecule has 2 rings (SSSR count). The number of aryl methyl sites for hydroxylation is 2. The Morgan fingerprint density at radius 2 is 2.25 bits per heavy atom. The van der Waals surface area contributed by atoms with E-state index in [1.807, 2.05) is 0 Å². The Morgan fingerprint density at radius 1 is 1.50 bits per heavy atom. The summed E-state index contributed by atoms with van der Waals surface area (Å²) in [5, 5.41) is 9.64. The maximum atomic E-state index is 12.6. The Balaban J connectivity index is 2.32. The minimum atomic E-state index is -2.87. The third-order valence-corrected chi connectivity index (χ3v) is 3.03. The lowest BCUT2D eigenvalue weighted by atomic mass is 10.2. The van der Waals surface area contributed by atoms with Gasteiger partial charge in [0.2, 0.25) is 0 Å². The first-order chi connectivity index (χ1) is 11.8. The molecule has 0 aliphatic carbocycles. The van der Waals surface area contributed by atoms with Crippen LogP contribution < -0.4 is 11.2 Å². The van der Waals surface area contributed by atoms with Crippen LogP contribution in [0.4, 0.5) is 0 Å². The Labute approximate surface area is 124 Å². The number of aliphatic hydroxyl groups is 1. The molecule has 0 aromatic carbocycles. The zero-order chi connectivity index (χ0) is 20.0. The number of hydrogen-bond acceptors (Lipinski definition) is 4. The van der Waals surface area contributed by atoms with Crippen molar-refractivity contribution in [1.29, 1.82) is 0 Å². The summed E-state index contributed by atoms with van der Waals surface area (Å²) in [6.45, 7) is -3.03. The van der Waals surface area contributed by atoms with Crippen molar-refractivity contribution in [2.24, 2.45) is 14.1 Å². The molecular weight excluding hydrogens is 260 g/mol. The number of fused-ring (bicyclic) bond motifs is 1. The predicted molar refractivity (Wildman–Crippen MR) is 75.7 cm³/mol. The average Bonchev–Trinajstić information content (AvgIpc) is 2.82. The van der Waals surface area contributed by atoms with Crippen LogP contribution in [0.3, 0.4) is 0 Å². The van der Waals surface area contributed by atoms with Gasteiger partial charge in [-0.05, 0) is 26.1 Å². The summed E-state index contributed by atoms with van der Waals surface area (Å²) in [4.78, 5) is 28.8. The van der Waals surface area contributed by atoms with E-state index in [0.29, 0.717) is 0 Å². The molecule has 1 atom stereocenters. The van der Waals surface area contributed by atoms with Crippen LogP contribution >= 0.6 is 0 Å². The number of hydrogen-bond donors (Lipinski definition) is 1. The van der Waals surface area contributed by atoms with Gasteiger partial charge in [0.05, 0.1) is 12.4 Å². The lowest BCUT2D eigenvalue weighted by molar-refractivity contribution is 0.180. The van der Waals surface area contributed by atoms with Gasteiger partial charge in [0.1, 0.15) is 1.37 Å². The van der Waals surface area contributed by atoms with Crippen molar-refractivity contribution in [3.63, 3.8) is 0 Å². The smallest absolute Gasteiger partial charge is 0.332 e. The molecule has 110 valence electrons. The highest BCUT2D eigenvalue weighted by Gasteiger charge is 2.14. The van der Waals surface area contributed by atoms with Gasteiger partial charge in [0.25, 0.3) is 5.56 Å². The van der Waals surface area contributed by atoms with Gasteiger partial charge in [0.15, 0.2) is 11.2 Å². The summed E-state index contributed by atoms with van der Waals surface area (Å²) < 4.78 is 47.7. The van der Waals surface area contributed by atoms with E-state index in [2.05, 4.69) is 4.98 Å². The second-order valence-electron chi connectivity index (χ2n) is 4.45. The zero-order valence-corrected chi connectivity index (χ0v) is 11.3. The van der Waals surface area contributed by atoms with Gasteiger partial charge >= 0.3 is 5.69 Å². The summed E-state index contributed by atoms with van der Waals surface area (Å²) in [5.74, 6) is 0. The van der Waals surface area contributed by atoms with Gasteiger partial charge in [-0.3, -0.25) is 13.9 Å². The molecule has 0 amide bonds. The fraction of sp³-hybridized carbons (Fsp3) is 0.615. The molecule has 0 radical (unpaired) electrons. The molecule has 0 aliphatic rings. The highest BCUT2D eigenvalue weighted by atomic mass is 16.3. The Hall–Kier alpha value is -1.89. The monoisotopic (exact) mass is 286 g/mol. The minimum Gasteiger partial charge on any atom is -0.393 e. The molecule has 2 aromatic heterocycles. The van der Waals surface area contributed by atoms with E-state index in [4.69, 9.17) is 8.22 Å². The van der Waals surface area contributed by atoms with Crippen molar-refractivity contribution >= 4 is 11.2 Å². The molecule has 7 heteroatoms. The number of aliphatic hydroxyl groups excluding tert-OH is 1. The lowest BCUT2D eigenvalue weighted by Gasteiger charge is -2.09. The lowest BCUT2D eigenvalue weighted by Crippen LogP contribution is -2.39. The van der Waals surface area contributed by atoms with Gasteiger partial charge in [-0.2, -0.15) is 0 Å². The summed E-state index contributed by atoms with van der Waals surface area (Å²) >= 11 is 0. The van der Waals surface area contributed by atoms with Crippen molar-refractivity contribution in [1.82, 2.24) is 18.7 Å². The van der Waals surface area contributed by atoms with Crippen LogP contribution in [0.1, 0.15) is 34.3 Å². The molecule has 0 spiro atoms. The van der Waals surface area contributed by atoms with E-state index in [0.717, 1.165) is 9.13 Å². The fourth-order valence-corrected chi connectivity index (χ4v) is 2.01. The first kappa shape index (κ1) is 8.41. The minimum absolute atomic E-state index is 0.0353. The SMILES string of the molecule is [2H]c1nc2c(c(=O)n(CCCC([2H])([2H])[C@H](O)C([2H])([2H])[2H])c(=O)n2C)n1C. The van der Waals surface area contributed by atoms with Crippen molar-refractivity contribution in [3.8, 4) is 0 Å². The molecular formula is C13H20N4O3. The Kier molecular flexibility index (Phi) is 2.36. The first-order valence-electron chi connectivity index (χ1n) is 9.10. The molecule has 0 saturated heterocycles. The van der Waals surface area contributed by atoms with E-state index < -0.39 is 30.6 Å². The van der Waals surface area contributed by atoms with Crippen molar-refractivity contribution in [2.45, 2.75) is 38.7 Å². The van der Waals surface area contributed by atoms with E-state index >= 15 is 0 Å². The number of imidazole rings is 1. The number of aromatic nitrogens is 4. The molecule has 2 heterocycles. The maximum absolute atomic E-state index is 12.6. The van der Waals surface area contributed by atoms with Gasteiger partial charge in [-0.1, -0.05) is 0 Å². The fourth-order valence-electron chi connectivity index (χ4n) is 2.01. The van der Waals surface area contributed by atoms with E-state index in [1.54, 1.807) is 0 Å². The van der Waals surface area contributed by atoms with Crippen molar-refractivity contribution in [3.05, 3.63) is 27.1 Å².